The molecule has 0 aromatic carbocycles. The molecule has 2 atom stereocenters. The van der Waals surface area contributed by atoms with Crippen molar-refractivity contribution in [1.82, 2.24) is 9.88 Å². The second kappa shape index (κ2) is 6.12. The van der Waals surface area contributed by atoms with Gasteiger partial charge in [-0.15, -0.1) is 0 Å². The fraction of sp³-hybridized carbons (Fsp3) is 0.571. The summed E-state index contributed by atoms with van der Waals surface area (Å²) in [7, 11) is 2.03. The summed E-state index contributed by atoms with van der Waals surface area (Å²) < 4.78 is 0. The zero-order chi connectivity index (χ0) is 13.8. The van der Waals surface area contributed by atoms with Crippen LogP contribution in [0.25, 0.3) is 0 Å². The van der Waals surface area contributed by atoms with Crippen molar-refractivity contribution in [3.63, 3.8) is 0 Å². The number of nitrogen functional groups attached to an aromatic ring is 1. The van der Waals surface area contributed by atoms with E-state index in [4.69, 9.17) is 11.1 Å². The highest BCUT2D eigenvalue weighted by molar-refractivity contribution is 5.93. The van der Waals surface area contributed by atoms with Gasteiger partial charge < -0.3 is 10.8 Å². The van der Waals surface area contributed by atoms with Crippen molar-refractivity contribution in [2.75, 3.05) is 7.05 Å². The lowest BCUT2D eigenvalue weighted by molar-refractivity contribution is 0.0288. The van der Waals surface area contributed by atoms with Gasteiger partial charge in [-0.1, -0.05) is 12.8 Å². The summed E-state index contributed by atoms with van der Waals surface area (Å²) in [5.74, 6) is -0.0118. The largest absolute Gasteiger partial charge is 0.391 e. The van der Waals surface area contributed by atoms with Gasteiger partial charge in [0.2, 0.25) is 0 Å². The van der Waals surface area contributed by atoms with E-state index < -0.39 is 0 Å². The molecule has 0 aliphatic heterocycles. The van der Waals surface area contributed by atoms with Crippen molar-refractivity contribution in [2.24, 2.45) is 5.73 Å². The van der Waals surface area contributed by atoms with Gasteiger partial charge in [0.05, 0.1) is 6.10 Å². The van der Waals surface area contributed by atoms with Crippen LogP contribution >= 0.6 is 0 Å². The molecule has 1 fully saturated rings. The summed E-state index contributed by atoms with van der Waals surface area (Å²) in [4.78, 5) is 6.24. The summed E-state index contributed by atoms with van der Waals surface area (Å²) in [5, 5.41) is 17.5. The van der Waals surface area contributed by atoms with Crippen LogP contribution in [0.2, 0.25) is 0 Å². The molecule has 5 heteroatoms. The maximum Gasteiger partial charge on any atom is 0.141 e. The molecular formula is C14H22N4O. The molecule has 4 N–H and O–H groups in total. The minimum atomic E-state index is -0.229. The molecule has 104 valence electrons. The van der Waals surface area contributed by atoms with Crippen LogP contribution in [0, 0.1) is 5.41 Å². The Morgan fingerprint density at radius 3 is 2.95 bits per heavy atom. The number of aliphatic hydroxyl groups excluding tert-OH is 1. The summed E-state index contributed by atoms with van der Waals surface area (Å²) in [6.45, 7) is 0.741. The lowest BCUT2D eigenvalue weighted by Crippen LogP contribution is -2.42. The molecular weight excluding hydrogens is 240 g/mol. The Bertz CT molecular complexity index is 449. The zero-order valence-electron chi connectivity index (χ0n) is 11.3. The summed E-state index contributed by atoms with van der Waals surface area (Å²) >= 11 is 0. The van der Waals surface area contributed by atoms with Crippen LogP contribution in [0.15, 0.2) is 18.3 Å². The van der Waals surface area contributed by atoms with E-state index >= 15 is 0 Å². The number of nitrogens with zero attached hydrogens (tertiary/aromatic N) is 2. The van der Waals surface area contributed by atoms with Gasteiger partial charge in [0.15, 0.2) is 0 Å². The lowest BCUT2D eigenvalue weighted by atomic mass is 9.91. The average Bonchev–Trinajstić information content (AvgIpc) is 2.39. The molecule has 0 radical (unpaired) electrons. The molecule has 0 bridgehead atoms. The number of hydrogen-bond acceptors (Lipinski definition) is 4. The molecule has 1 aromatic heterocycles. The van der Waals surface area contributed by atoms with Crippen molar-refractivity contribution in [1.29, 1.82) is 5.41 Å². The quantitative estimate of drug-likeness (QED) is 0.560. The highest BCUT2D eigenvalue weighted by atomic mass is 16.3. The lowest BCUT2D eigenvalue weighted by Gasteiger charge is -2.35. The minimum Gasteiger partial charge on any atom is -0.391 e. The fourth-order valence-corrected chi connectivity index (χ4v) is 2.73. The topological polar surface area (TPSA) is 86.2 Å². The second-order valence-electron chi connectivity index (χ2n) is 5.30. The molecule has 0 amide bonds. The first-order valence-corrected chi connectivity index (χ1v) is 6.75. The number of pyridine rings is 1. The van der Waals surface area contributed by atoms with E-state index in [1.165, 1.54) is 6.42 Å². The van der Waals surface area contributed by atoms with Gasteiger partial charge in [-0.2, -0.15) is 0 Å². The fourth-order valence-electron chi connectivity index (χ4n) is 2.73. The molecule has 0 spiro atoms. The molecule has 1 aromatic rings. The van der Waals surface area contributed by atoms with Gasteiger partial charge in [0.25, 0.3) is 0 Å². The Morgan fingerprint density at radius 1 is 1.53 bits per heavy atom. The normalized spacial score (nSPS) is 23.5. The number of aromatic nitrogens is 1. The first-order valence-electron chi connectivity index (χ1n) is 6.75. The molecule has 1 aliphatic rings. The maximum absolute atomic E-state index is 10.1. The number of aliphatic hydroxyl groups is 1. The van der Waals surface area contributed by atoms with Gasteiger partial charge in [0.1, 0.15) is 11.5 Å². The van der Waals surface area contributed by atoms with Gasteiger partial charge in [0, 0.05) is 18.8 Å². The first-order chi connectivity index (χ1) is 9.08. The van der Waals surface area contributed by atoms with Gasteiger partial charge in [-0.3, -0.25) is 15.3 Å². The molecule has 5 nitrogen and oxygen atoms in total. The van der Waals surface area contributed by atoms with Crippen LogP contribution in [0.4, 0.5) is 0 Å². The summed E-state index contributed by atoms with van der Waals surface area (Å²) in [5.41, 5.74) is 7.02. The third-order valence-corrected chi connectivity index (χ3v) is 3.79. The number of rotatable bonds is 4. The summed E-state index contributed by atoms with van der Waals surface area (Å²) in [6.07, 6.45) is 5.69. The second-order valence-corrected chi connectivity index (χ2v) is 5.30. The molecule has 1 aliphatic carbocycles. The Balaban J connectivity index is 2.03. The molecule has 0 saturated heterocycles. The van der Waals surface area contributed by atoms with Crippen LogP contribution in [-0.4, -0.2) is 40.0 Å². The van der Waals surface area contributed by atoms with Gasteiger partial charge in [-0.05, 0) is 37.6 Å². The monoisotopic (exact) mass is 262 g/mol. The van der Waals surface area contributed by atoms with E-state index in [0.29, 0.717) is 5.69 Å². The van der Waals surface area contributed by atoms with E-state index in [0.717, 1.165) is 31.4 Å². The Hall–Kier alpha value is -1.46. The first kappa shape index (κ1) is 14.0. The predicted octanol–water partition coefficient (Wildman–Crippen LogP) is 1.10. The minimum absolute atomic E-state index is 0.0118. The zero-order valence-corrected chi connectivity index (χ0v) is 11.3. The van der Waals surface area contributed by atoms with Crippen LogP contribution < -0.4 is 5.73 Å². The highest BCUT2D eigenvalue weighted by Gasteiger charge is 2.26. The smallest absolute Gasteiger partial charge is 0.141 e. The number of nitrogens with two attached hydrogens (primary N) is 1. The predicted molar refractivity (Wildman–Crippen MR) is 75.0 cm³/mol. The molecule has 2 unspecified atom stereocenters. The maximum atomic E-state index is 10.1. The van der Waals surface area contributed by atoms with Crippen molar-refractivity contribution in [3.8, 4) is 0 Å². The van der Waals surface area contributed by atoms with E-state index in [1.54, 1.807) is 6.20 Å². The van der Waals surface area contributed by atoms with Crippen LogP contribution in [0.3, 0.4) is 0 Å². The van der Waals surface area contributed by atoms with E-state index in [9.17, 15) is 5.11 Å². The van der Waals surface area contributed by atoms with Crippen molar-refractivity contribution < 1.29 is 5.11 Å². The molecule has 19 heavy (non-hydrogen) atoms. The highest BCUT2D eigenvalue weighted by Crippen LogP contribution is 2.23. The summed E-state index contributed by atoms with van der Waals surface area (Å²) in [6, 6.07) is 3.99. The van der Waals surface area contributed by atoms with Gasteiger partial charge >= 0.3 is 0 Å². The van der Waals surface area contributed by atoms with E-state index in [2.05, 4.69) is 9.88 Å². The third kappa shape index (κ3) is 3.52. The van der Waals surface area contributed by atoms with E-state index in [-0.39, 0.29) is 18.0 Å². The Morgan fingerprint density at radius 2 is 2.26 bits per heavy atom. The van der Waals surface area contributed by atoms with Crippen molar-refractivity contribution in [2.45, 2.75) is 44.4 Å². The number of likely N-dealkylation sites (N-methyl/N-ethyl adjacent to an activating group) is 1. The standard InChI is InChI=1S/C14H22N4O/c1-18(12-4-2-3-5-13(12)19)9-10-6-7-17-11(8-10)14(15)16/h6-8,12-13,19H,2-5,9H2,1H3,(H3,15,16). The van der Waals surface area contributed by atoms with Crippen molar-refractivity contribution in [3.05, 3.63) is 29.6 Å². The number of nitrogens with one attached hydrogen (secondary N) is 1. The number of hydrogen-bond donors (Lipinski definition) is 3. The van der Waals surface area contributed by atoms with Gasteiger partial charge in [-0.25, -0.2) is 0 Å². The van der Waals surface area contributed by atoms with Crippen molar-refractivity contribution >= 4 is 5.84 Å². The molecule has 2 rings (SSSR count). The van der Waals surface area contributed by atoms with Crippen LogP contribution in [0.5, 0.6) is 0 Å². The SMILES string of the molecule is CN(Cc1ccnc(C(=N)N)c1)C1CCCCC1O. The Labute approximate surface area is 114 Å². The molecule has 1 heterocycles. The third-order valence-electron chi connectivity index (χ3n) is 3.79. The number of amidine groups is 1. The van der Waals surface area contributed by atoms with E-state index in [1.807, 2.05) is 19.2 Å². The average molecular weight is 262 g/mol. The van der Waals surface area contributed by atoms with Crippen LogP contribution in [-0.2, 0) is 6.54 Å². The Kier molecular flexibility index (Phi) is 4.50. The van der Waals surface area contributed by atoms with Crippen LogP contribution in [0.1, 0.15) is 36.9 Å². The molecule has 1 saturated carbocycles.